The van der Waals surface area contributed by atoms with E-state index in [1.54, 1.807) is 6.92 Å². The summed E-state index contributed by atoms with van der Waals surface area (Å²) in [5, 5.41) is 0. The van der Waals surface area contributed by atoms with Crippen molar-refractivity contribution in [3.05, 3.63) is 28.6 Å². The van der Waals surface area contributed by atoms with Crippen LogP contribution >= 0.6 is 0 Å². The van der Waals surface area contributed by atoms with Crippen molar-refractivity contribution in [3.8, 4) is 0 Å². The highest BCUT2D eigenvalue weighted by Gasteiger charge is 2.16. The third kappa shape index (κ3) is 1.77. The Morgan fingerprint density at radius 2 is 2.29 bits per heavy atom. The number of aldehydes is 1. The number of rotatable bonds is 3. The van der Waals surface area contributed by atoms with Gasteiger partial charge in [-0.3, -0.25) is 9.78 Å². The molecule has 14 heavy (non-hydrogen) atoms. The van der Waals surface area contributed by atoms with Gasteiger partial charge in [0.15, 0.2) is 6.29 Å². The van der Waals surface area contributed by atoms with Crippen LogP contribution in [0.3, 0.4) is 0 Å². The largest absolute Gasteiger partial charge is 0.326 e. The van der Waals surface area contributed by atoms with Gasteiger partial charge in [0.25, 0.3) is 6.43 Å². The Bertz CT molecular complexity index is 353. The third-order valence-corrected chi connectivity index (χ3v) is 2.08. The SMILES string of the molecule is Cc1c(C=O)ncc(C(F)F)c1CN. The number of hydrogen-bond acceptors (Lipinski definition) is 3. The molecule has 0 atom stereocenters. The van der Waals surface area contributed by atoms with Crippen molar-refractivity contribution in [2.24, 2.45) is 5.73 Å². The van der Waals surface area contributed by atoms with E-state index in [0.717, 1.165) is 6.20 Å². The first-order valence-electron chi connectivity index (χ1n) is 4.03. The second kappa shape index (κ2) is 4.23. The van der Waals surface area contributed by atoms with Gasteiger partial charge in [-0.2, -0.15) is 0 Å². The van der Waals surface area contributed by atoms with E-state index in [1.807, 2.05) is 0 Å². The maximum atomic E-state index is 12.4. The summed E-state index contributed by atoms with van der Waals surface area (Å²) >= 11 is 0. The molecule has 0 saturated carbocycles. The summed E-state index contributed by atoms with van der Waals surface area (Å²) in [5.41, 5.74) is 6.03. The molecule has 3 nitrogen and oxygen atoms in total. The second-order valence-electron chi connectivity index (χ2n) is 2.83. The van der Waals surface area contributed by atoms with E-state index in [2.05, 4.69) is 4.98 Å². The van der Waals surface area contributed by atoms with Crippen LogP contribution < -0.4 is 5.73 Å². The number of aromatic nitrogens is 1. The molecule has 0 aliphatic rings. The normalized spacial score (nSPS) is 10.6. The fourth-order valence-electron chi connectivity index (χ4n) is 1.26. The van der Waals surface area contributed by atoms with E-state index in [1.165, 1.54) is 0 Å². The molecular weight excluding hydrogens is 190 g/mol. The Kier molecular flexibility index (Phi) is 3.24. The summed E-state index contributed by atoms with van der Waals surface area (Å²) in [4.78, 5) is 14.1. The van der Waals surface area contributed by atoms with Gasteiger partial charge in [-0.05, 0) is 18.1 Å². The fourth-order valence-corrected chi connectivity index (χ4v) is 1.26. The highest BCUT2D eigenvalue weighted by molar-refractivity contribution is 5.75. The van der Waals surface area contributed by atoms with Crippen LogP contribution in [0.4, 0.5) is 8.78 Å². The summed E-state index contributed by atoms with van der Waals surface area (Å²) < 4.78 is 24.9. The zero-order valence-corrected chi connectivity index (χ0v) is 7.63. The van der Waals surface area contributed by atoms with Gasteiger partial charge in [0.2, 0.25) is 0 Å². The lowest BCUT2D eigenvalue weighted by Gasteiger charge is -2.10. The highest BCUT2D eigenvalue weighted by Crippen LogP contribution is 2.24. The summed E-state index contributed by atoms with van der Waals surface area (Å²) in [6, 6.07) is 0. The predicted octanol–water partition coefficient (Wildman–Crippen LogP) is 1.60. The number of carbonyl (C=O) groups is 1. The Balaban J connectivity index is 3.35. The van der Waals surface area contributed by atoms with Crippen LogP contribution in [-0.4, -0.2) is 11.3 Å². The Hall–Kier alpha value is -1.36. The number of hydrogen-bond donors (Lipinski definition) is 1. The maximum Gasteiger partial charge on any atom is 0.265 e. The minimum absolute atomic E-state index is 0.0190. The molecule has 0 amide bonds. The molecule has 0 unspecified atom stereocenters. The van der Waals surface area contributed by atoms with Gasteiger partial charge in [0.1, 0.15) is 5.69 Å². The lowest BCUT2D eigenvalue weighted by molar-refractivity contribution is 0.111. The number of nitrogens with zero attached hydrogens (tertiary/aromatic N) is 1. The van der Waals surface area contributed by atoms with Gasteiger partial charge in [0.05, 0.1) is 0 Å². The number of halogens is 2. The molecule has 1 rings (SSSR count). The Labute approximate surface area is 79.9 Å². The van der Waals surface area contributed by atoms with Gasteiger partial charge < -0.3 is 5.73 Å². The van der Waals surface area contributed by atoms with Crippen LogP contribution in [0.1, 0.15) is 33.6 Å². The topological polar surface area (TPSA) is 56.0 Å². The smallest absolute Gasteiger partial charge is 0.265 e. The van der Waals surface area contributed by atoms with Crippen LogP contribution in [0.5, 0.6) is 0 Å². The van der Waals surface area contributed by atoms with Crippen LogP contribution in [-0.2, 0) is 6.54 Å². The molecule has 0 aliphatic heterocycles. The van der Waals surface area contributed by atoms with Crippen molar-refractivity contribution in [1.29, 1.82) is 0 Å². The van der Waals surface area contributed by atoms with Crippen molar-refractivity contribution >= 4 is 6.29 Å². The lowest BCUT2D eigenvalue weighted by Crippen LogP contribution is -2.08. The van der Waals surface area contributed by atoms with Crippen LogP contribution in [0, 0.1) is 6.92 Å². The zero-order chi connectivity index (χ0) is 10.7. The van der Waals surface area contributed by atoms with Crippen LogP contribution in [0.25, 0.3) is 0 Å². The molecule has 0 fully saturated rings. The van der Waals surface area contributed by atoms with Gasteiger partial charge >= 0.3 is 0 Å². The average molecular weight is 200 g/mol. The summed E-state index contributed by atoms with van der Waals surface area (Å²) in [7, 11) is 0. The standard InChI is InChI=1S/C9H10F2N2O/c1-5-6(2-12)7(9(10)11)3-13-8(5)4-14/h3-4,9H,2,12H2,1H3. The first-order valence-corrected chi connectivity index (χ1v) is 4.03. The molecule has 1 aromatic rings. The maximum absolute atomic E-state index is 12.4. The quantitative estimate of drug-likeness (QED) is 0.754. The number of alkyl halides is 2. The predicted molar refractivity (Wildman–Crippen MR) is 47.2 cm³/mol. The van der Waals surface area contributed by atoms with Crippen molar-refractivity contribution < 1.29 is 13.6 Å². The van der Waals surface area contributed by atoms with Gasteiger partial charge in [-0.25, -0.2) is 8.78 Å². The Morgan fingerprint density at radius 3 is 2.71 bits per heavy atom. The van der Waals surface area contributed by atoms with Crippen LogP contribution in [0.15, 0.2) is 6.20 Å². The highest BCUT2D eigenvalue weighted by atomic mass is 19.3. The monoisotopic (exact) mass is 200 g/mol. The molecule has 0 aliphatic carbocycles. The number of carbonyl (C=O) groups excluding carboxylic acids is 1. The molecule has 1 aromatic heterocycles. The number of nitrogens with two attached hydrogens (primary N) is 1. The molecule has 76 valence electrons. The van der Waals surface area contributed by atoms with Gasteiger partial charge in [-0.1, -0.05) is 0 Å². The van der Waals surface area contributed by atoms with Gasteiger partial charge in [-0.15, -0.1) is 0 Å². The molecule has 0 aromatic carbocycles. The first-order chi connectivity index (χ1) is 6.61. The van der Waals surface area contributed by atoms with Crippen molar-refractivity contribution in [1.82, 2.24) is 4.98 Å². The minimum atomic E-state index is -2.61. The molecular formula is C9H10F2N2O. The second-order valence-corrected chi connectivity index (χ2v) is 2.83. The molecule has 0 spiro atoms. The van der Waals surface area contributed by atoms with E-state index < -0.39 is 6.43 Å². The summed E-state index contributed by atoms with van der Waals surface area (Å²) in [6.07, 6.45) is -1.08. The van der Waals surface area contributed by atoms with E-state index in [9.17, 15) is 13.6 Å². The van der Waals surface area contributed by atoms with E-state index in [4.69, 9.17) is 5.73 Å². The first kappa shape index (κ1) is 10.7. The van der Waals surface area contributed by atoms with Crippen molar-refractivity contribution in [3.63, 3.8) is 0 Å². The zero-order valence-electron chi connectivity index (χ0n) is 7.63. The molecule has 0 bridgehead atoms. The molecule has 1 heterocycles. The molecule has 5 heteroatoms. The third-order valence-electron chi connectivity index (χ3n) is 2.08. The van der Waals surface area contributed by atoms with E-state index in [0.29, 0.717) is 17.4 Å². The molecule has 0 radical (unpaired) electrons. The van der Waals surface area contributed by atoms with E-state index in [-0.39, 0.29) is 17.8 Å². The minimum Gasteiger partial charge on any atom is -0.326 e. The lowest BCUT2D eigenvalue weighted by atomic mass is 10.0. The number of pyridine rings is 1. The summed E-state index contributed by atoms with van der Waals surface area (Å²) in [6.45, 7) is 1.54. The summed E-state index contributed by atoms with van der Waals surface area (Å²) in [5.74, 6) is 0. The van der Waals surface area contributed by atoms with E-state index >= 15 is 0 Å². The molecule has 0 saturated heterocycles. The van der Waals surface area contributed by atoms with Gasteiger partial charge in [0, 0.05) is 18.3 Å². The Morgan fingerprint density at radius 1 is 1.64 bits per heavy atom. The van der Waals surface area contributed by atoms with Crippen molar-refractivity contribution in [2.45, 2.75) is 19.9 Å². The molecule has 2 N–H and O–H groups in total. The van der Waals surface area contributed by atoms with Crippen LogP contribution in [0.2, 0.25) is 0 Å². The van der Waals surface area contributed by atoms with Crippen molar-refractivity contribution in [2.75, 3.05) is 0 Å². The fraction of sp³-hybridized carbons (Fsp3) is 0.333. The average Bonchev–Trinajstić information content (AvgIpc) is 2.17.